The van der Waals surface area contributed by atoms with Crippen LogP contribution in [0.25, 0.3) is 0 Å². The highest BCUT2D eigenvalue weighted by atomic mass is 35.5. The second kappa shape index (κ2) is 7.46. The van der Waals surface area contributed by atoms with Crippen LogP contribution in [-0.2, 0) is 19.1 Å². The Morgan fingerprint density at radius 3 is 2.67 bits per heavy atom. The topological polar surface area (TPSA) is 60.4 Å². The van der Waals surface area contributed by atoms with Crippen molar-refractivity contribution in [2.24, 2.45) is 34.5 Å². The molecule has 0 amide bonds. The fourth-order valence-corrected chi connectivity index (χ4v) is 8.06. The van der Waals surface area contributed by atoms with E-state index in [1.165, 1.54) is 5.57 Å². The van der Waals surface area contributed by atoms with Gasteiger partial charge in [-0.25, -0.2) is 0 Å². The molecule has 30 heavy (non-hydrogen) atoms. The number of carbonyl (C=O) groups is 3. The molecule has 7 atom stereocenters. The fourth-order valence-electron chi connectivity index (χ4n) is 7.87. The number of esters is 1. The van der Waals surface area contributed by atoms with Gasteiger partial charge in [-0.3, -0.25) is 14.4 Å². The van der Waals surface area contributed by atoms with Crippen molar-refractivity contribution < 1.29 is 19.1 Å². The Bertz CT molecular complexity index is 803. The minimum absolute atomic E-state index is 0.0551. The molecule has 4 nitrogen and oxygen atoms in total. The number of carbonyl (C=O) groups excluding carboxylic acids is 3. The zero-order valence-electron chi connectivity index (χ0n) is 18.8. The molecule has 0 unspecified atom stereocenters. The lowest BCUT2D eigenvalue weighted by Gasteiger charge is -2.57. The minimum atomic E-state index is -1.14. The summed E-state index contributed by atoms with van der Waals surface area (Å²) in [6.07, 6.45) is 8.66. The first-order valence-electron chi connectivity index (χ1n) is 11.7. The maximum Gasteiger partial charge on any atom is 0.306 e. The summed E-state index contributed by atoms with van der Waals surface area (Å²) in [5.41, 5.74) is 0.0141. The van der Waals surface area contributed by atoms with Gasteiger partial charge in [-0.1, -0.05) is 39.3 Å². The number of allylic oxidation sites excluding steroid dienone is 2. The zero-order valence-corrected chi connectivity index (χ0v) is 19.5. The van der Waals surface area contributed by atoms with Crippen LogP contribution in [0.1, 0.15) is 79.1 Å². The molecule has 0 radical (unpaired) electrons. The van der Waals surface area contributed by atoms with Gasteiger partial charge in [-0.15, -0.1) is 11.6 Å². The highest BCUT2D eigenvalue weighted by Gasteiger charge is 2.70. The monoisotopic (exact) mass is 434 g/mol. The highest BCUT2D eigenvalue weighted by molar-refractivity contribution is 6.29. The Morgan fingerprint density at radius 1 is 1.27 bits per heavy atom. The normalized spacial score (nSPS) is 45.1. The van der Waals surface area contributed by atoms with E-state index in [2.05, 4.69) is 26.8 Å². The zero-order chi connectivity index (χ0) is 21.9. The summed E-state index contributed by atoms with van der Waals surface area (Å²) in [6.45, 7) is 8.34. The van der Waals surface area contributed by atoms with Crippen molar-refractivity contribution in [3.05, 3.63) is 11.6 Å². The van der Waals surface area contributed by atoms with Crippen LogP contribution in [0, 0.1) is 34.5 Å². The standard InChI is InChI=1S/C25H35ClO4/c1-5-22(29)30-25(21(28)14-26)15(2)12-20-18-7-6-16-13-17(27)8-10-23(16,3)19(18)9-11-24(20,25)4/h9,15-16,18,20H,5-8,10-14H2,1-4H3/t15-,16-,18+,20-,23-,24-,25-/m0/s1. The predicted octanol–water partition coefficient (Wildman–Crippen LogP) is 5.26. The molecule has 166 valence electrons. The van der Waals surface area contributed by atoms with Crippen LogP contribution in [0.3, 0.4) is 0 Å². The molecule has 3 fully saturated rings. The molecule has 0 bridgehead atoms. The molecule has 0 aromatic rings. The molecule has 0 heterocycles. The lowest BCUT2D eigenvalue weighted by atomic mass is 9.48. The first-order chi connectivity index (χ1) is 14.1. The number of fused-ring (bicyclic) bond motifs is 5. The van der Waals surface area contributed by atoms with Crippen LogP contribution < -0.4 is 0 Å². The lowest BCUT2D eigenvalue weighted by Crippen LogP contribution is -2.59. The van der Waals surface area contributed by atoms with Gasteiger partial charge in [0, 0.05) is 30.6 Å². The molecule has 0 saturated heterocycles. The van der Waals surface area contributed by atoms with Crippen molar-refractivity contribution in [3.63, 3.8) is 0 Å². The van der Waals surface area contributed by atoms with Crippen LogP contribution in [0.15, 0.2) is 11.6 Å². The van der Waals surface area contributed by atoms with E-state index in [1.54, 1.807) is 6.92 Å². The van der Waals surface area contributed by atoms with E-state index in [-0.39, 0.29) is 35.4 Å². The Morgan fingerprint density at radius 2 is 2.00 bits per heavy atom. The number of rotatable bonds is 4. The number of hydrogen-bond acceptors (Lipinski definition) is 4. The molecule has 0 N–H and O–H groups in total. The van der Waals surface area contributed by atoms with Crippen LogP contribution in [0.5, 0.6) is 0 Å². The maximum absolute atomic E-state index is 13.3. The molecule has 3 saturated carbocycles. The molecule has 0 aromatic carbocycles. The van der Waals surface area contributed by atoms with Crippen molar-refractivity contribution in [2.45, 2.75) is 84.7 Å². The van der Waals surface area contributed by atoms with Crippen molar-refractivity contribution in [1.82, 2.24) is 0 Å². The van der Waals surface area contributed by atoms with E-state index in [9.17, 15) is 14.4 Å². The van der Waals surface area contributed by atoms with E-state index >= 15 is 0 Å². The summed E-state index contributed by atoms with van der Waals surface area (Å²) in [5, 5.41) is 0. The number of ether oxygens (including phenoxy) is 1. The highest BCUT2D eigenvalue weighted by Crippen LogP contribution is 2.68. The first kappa shape index (κ1) is 22.0. The second-order valence-corrected chi connectivity index (χ2v) is 11.0. The third-order valence-corrected chi connectivity index (χ3v) is 9.73. The number of ketones is 2. The maximum atomic E-state index is 13.3. The molecule has 4 aliphatic carbocycles. The van der Waals surface area contributed by atoms with Crippen molar-refractivity contribution >= 4 is 29.1 Å². The molecule has 0 spiro atoms. The first-order valence-corrected chi connectivity index (χ1v) is 12.2. The Kier molecular flexibility index (Phi) is 5.48. The second-order valence-electron chi connectivity index (χ2n) is 10.7. The van der Waals surface area contributed by atoms with Gasteiger partial charge >= 0.3 is 5.97 Å². The van der Waals surface area contributed by atoms with Crippen LogP contribution in [-0.4, -0.2) is 29.0 Å². The number of Topliss-reactive ketones (excluding diaryl/α,β-unsaturated/α-hetero) is 2. The molecule has 0 aromatic heterocycles. The number of halogens is 1. The Hall–Kier alpha value is -1.16. The molecule has 4 rings (SSSR count). The summed E-state index contributed by atoms with van der Waals surface area (Å²) in [7, 11) is 0. The van der Waals surface area contributed by atoms with Gasteiger partial charge in [0.15, 0.2) is 11.4 Å². The summed E-state index contributed by atoms with van der Waals surface area (Å²) in [4.78, 5) is 37.8. The summed E-state index contributed by atoms with van der Waals surface area (Å²) >= 11 is 6.08. The van der Waals surface area contributed by atoms with E-state index in [0.717, 1.165) is 32.1 Å². The smallest absolute Gasteiger partial charge is 0.306 e. The van der Waals surface area contributed by atoms with Gasteiger partial charge in [-0.2, -0.15) is 0 Å². The van der Waals surface area contributed by atoms with E-state index in [0.29, 0.717) is 36.4 Å². The van der Waals surface area contributed by atoms with Crippen molar-refractivity contribution in [3.8, 4) is 0 Å². The van der Waals surface area contributed by atoms with Gasteiger partial charge in [-0.05, 0) is 55.3 Å². The molecule has 4 aliphatic rings. The van der Waals surface area contributed by atoms with Crippen molar-refractivity contribution in [2.75, 3.05) is 5.88 Å². The van der Waals surface area contributed by atoms with Crippen LogP contribution in [0.4, 0.5) is 0 Å². The summed E-state index contributed by atoms with van der Waals surface area (Å²) < 4.78 is 6.06. The van der Waals surface area contributed by atoms with Gasteiger partial charge < -0.3 is 4.74 Å². The minimum Gasteiger partial charge on any atom is -0.450 e. The molecular formula is C25H35ClO4. The van der Waals surface area contributed by atoms with E-state index in [4.69, 9.17) is 16.3 Å². The Labute approximate surface area is 185 Å². The number of alkyl halides is 1. The largest absolute Gasteiger partial charge is 0.450 e. The molecular weight excluding hydrogens is 400 g/mol. The van der Waals surface area contributed by atoms with Crippen LogP contribution >= 0.6 is 11.6 Å². The third kappa shape index (κ3) is 2.81. The quantitative estimate of drug-likeness (QED) is 0.344. The average Bonchev–Trinajstić information content (AvgIpc) is 2.95. The fraction of sp³-hybridized carbons (Fsp3) is 0.800. The van der Waals surface area contributed by atoms with Gasteiger partial charge in [0.2, 0.25) is 0 Å². The van der Waals surface area contributed by atoms with Gasteiger partial charge in [0.1, 0.15) is 5.78 Å². The Balaban J connectivity index is 1.77. The lowest BCUT2D eigenvalue weighted by molar-refractivity contribution is -0.187. The molecule has 0 aliphatic heterocycles. The number of hydrogen-bond donors (Lipinski definition) is 0. The van der Waals surface area contributed by atoms with Crippen molar-refractivity contribution in [1.29, 1.82) is 0 Å². The van der Waals surface area contributed by atoms with E-state index < -0.39 is 11.0 Å². The van der Waals surface area contributed by atoms with Gasteiger partial charge in [0.25, 0.3) is 0 Å². The van der Waals surface area contributed by atoms with Crippen LogP contribution in [0.2, 0.25) is 0 Å². The summed E-state index contributed by atoms with van der Waals surface area (Å²) in [6, 6.07) is 0. The SMILES string of the molecule is CCC(=O)O[C@]1(C(=O)CCl)[C@@H](C)C[C@H]2[C@@H]3CC[C@H]4CC(=O)CC[C@]4(C)C3=CC[C@@]21C. The predicted molar refractivity (Wildman–Crippen MR) is 116 cm³/mol. The molecule has 5 heteroatoms. The summed E-state index contributed by atoms with van der Waals surface area (Å²) in [5.74, 6) is 0.877. The van der Waals surface area contributed by atoms with E-state index in [1.807, 2.05) is 0 Å². The third-order valence-electron chi connectivity index (χ3n) is 9.48. The average molecular weight is 435 g/mol. The van der Waals surface area contributed by atoms with Gasteiger partial charge in [0.05, 0.1) is 5.88 Å².